The number of amides is 1. The van der Waals surface area contributed by atoms with Gasteiger partial charge in [-0.3, -0.25) is 4.79 Å². The van der Waals surface area contributed by atoms with Gasteiger partial charge in [-0.25, -0.2) is 4.98 Å². The molecule has 1 aliphatic rings. The Labute approximate surface area is 171 Å². The first kappa shape index (κ1) is 19.6. The van der Waals surface area contributed by atoms with Gasteiger partial charge < -0.3 is 19.9 Å². The van der Waals surface area contributed by atoms with E-state index < -0.39 is 0 Å². The van der Waals surface area contributed by atoms with Gasteiger partial charge in [-0.1, -0.05) is 42.5 Å². The van der Waals surface area contributed by atoms with E-state index in [4.69, 9.17) is 4.74 Å². The maximum atomic E-state index is 12.0. The first-order valence-electron chi connectivity index (χ1n) is 10.2. The van der Waals surface area contributed by atoms with Crippen molar-refractivity contribution >= 4 is 16.9 Å². The summed E-state index contributed by atoms with van der Waals surface area (Å²) >= 11 is 0. The van der Waals surface area contributed by atoms with Crippen LogP contribution in [0.4, 0.5) is 0 Å². The number of nitrogens with zero attached hydrogens (tertiary/aromatic N) is 2. The fraction of sp³-hybridized carbons (Fsp3) is 0.391. The third-order valence-corrected chi connectivity index (χ3v) is 5.53. The maximum Gasteiger partial charge on any atom is 0.246 e. The molecule has 1 aromatic heterocycles. The van der Waals surface area contributed by atoms with Crippen molar-refractivity contribution in [3.05, 3.63) is 65.5 Å². The molecule has 29 heavy (non-hydrogen) atoms. The lowest BCUT2D eigenvalue weighted by Crippen LogP contribution is -2.35. The molecule has 1 amide bonds. The summed E-state index contributed by atoms with van der Waals surface area (Å²) in [5.41, 5.74) is 4.48. The summed E-state index contributed by atoms with van der Waals surface area (Å²) in [7, 11) is 0. The molecule has 2 N–H and O–H groups in total. The molecule has 0 aliphatic carbocycles. The number of benzene rings is 2. The van der Waals surface area contributed by atoms with Gasteiger partial charge in [0, 0.05) is 19.6 Å². The van der Waals surface area contributed by atoms with Crippen molar-refractivity contribution in [3.8, 4) is 0 Å². The second kappa shape index (κ2) is 9.20. The second-order valence-electron chi connectivity index (χ2n) is 7.69. The lowest BCUT2D eigenvalue weighted by molar-refractivity contribution is -0.126. The third kappa shape index (κ3) is 5.02. The van der Waals surface area contributed by atoms with Crippen LogP contribution in [0.1, 0.15) is 29.3 Å². The molecule has 6 nitrogen and oxygen atoms in total. The molecule has 6 heteroatoms. The number of para-hydroxylation sites is 1. The van der Waals surface area contributed by atoms with Crippen molar-refractivity contribution in [1.29, 1.82) is 0 Å². The van der Waals surface area contributed by atoms with Crippen LogP contribution < -0.4 is 5.32 Å². The molecule has 2 heterocycles. The quantitative estimate of drug-likeness (QED) is 0.618. The average Bonchev–Trinajstić information content (AvgIpc) is 3.36. The Balaban J connectivity index is 1.14. The van der Waals surface area contributed by atoms with Crippen LogP contribution in [0.3, 0.4) is 0 Å². The SMILES string of the molecule is Cc1cccc2[nH]c(COCC(=O)NCCN3CCC(c4ccccc4)C3)nc12. The highest BCUT2D eigenvalue weighted by atomic mass is 16.5. The molecular weight excluding hydrogens is 364 g/mol. The van der Waals surface area contributed by atoms with Crippen LogP contribution >= 0.6 is 0 Å². The fourth-order valence-electron chi connectivity index (χ4n) is 3.97. The Morgan fingerprint density at radius 2 is 2.10 bits per heavy atom. The number of rotatable bonds is 8. The number of imidazole rings is 1. The van der Waals surface area contributed by atoms with Crippen LogP contribution in [0.2, 0.25) is 0 Å². The summed E-state index contributed by atoms with van der Waals surface area (Å²) in [6.45, 7) is 6.03. The van der Waals surface area contributed by atoms with E-state index in [1.807, 2.05) is 25.1 Å². The highest BCUT2D eigenvalue weighted by Gasteiger charge is 2.23. The molecule has 1 atom stereocenters. The van der Waals surface area contributed by atoms with Crippen molar-refractivity contribution in [1.82, 2.24) is 20.2 Å². The number of aryl methyl sites for hydroxylation is 1. The van der Waals surface area contributed by atoms with Crippen molar-refractivity contribution in [2.45, 2.75) is 25.9 Å². The highest BCUT2D eigenvalue weighted by molar-refractivity contribution is 5.78. The monoisotopic (exact) mass is 392 g/mol. The molecule has 152 valence electrons. The zero-order chi connectivity index (χ0) is 20.1. The molecule has 2 aromatic carbocycles. The Hall–Kier alpha value is -2.70. The summed E-state index contributed by atoms with van der Waals surface area (Å²) in [4.78, 5) is 22.2. The summed E-state index contributed by atoms with van der Waals surface area (Å²) in [6.07, 6.45) is 1.18. The van der Waals surface area contributed by atoms with E-state index in [1.54, 1.807) is 0 Å². The molecule has 4 rings (SSSR count). The van der Waals surface area contributed by atoms with E-state index in [9.17, 15) is 4.79 Å². The van der Waals surface area contributed by atoms with Crippen LogP contribution in [-0.4, -0.2) is 53.6 Å². The van der Waals surface area contributed by atoms with Crippen LogP contribution in [0.5, 0.6) is 0 Å². The second-order valence-corrected chi connectivity index (χ2v) is 7.69. The molecule has 1 saturated heterocycles. The van der Waals surface area contributed by atoms with E-state index in [-0.39, 0.29) is 12.5 Å². The van der Waals surface area contributed by atoms with Crippen LogP contribution in [0.25, 0.3) is 11.0 Å². The van der Waals surface area contributed by atoms with Crippen LogP contribution in [-0.2, 0) is 16.1 Å². The van der Waals surface area contributed by atoms with Gasteiger partial charge in [-0.05, 0) is 43.0 Å². The van der Waals surface area contributed by atoms with Gasteiger partial charge in [0.1, 0.15) is 19.0 Å². The topological polar surface area (TPSA) is 70.2 Å². The third-order valence-electron chi connectivity index (χ3n) is 5.53. The molecule has 0 bridgehead atoms. The van der Waals surface area contributed by atoms with Crippen molar-refractivity contribution in [3.63, 3.8) is 0 Å². The molecule has 1 unspecified atom stereocenters. The molecule has 1 fully saturated rings. The molecule has 1 aliphatic heterocycles. The Morgan fingerprint density at radius 1 is 1.24 bits per heavy atom. The number of carbonyl (C=O) groups excluding carboxylic acids is 1. The summed E-state index contributed by atoms with van der Waals surface area (Å²) < 4.78 is 5.53. The Bertz CT molecular complexity index is 954. The van der Waals surface area contributed by atoms with Gasteiger partial charge >= 0.3 is 0 Å². The number of likely N-dealkylation sites (tertiary alicyclic amines) is 1. The number of hydrogen-bond donors (Lipinski definition) is 2. The zero-order valence-electron chi connectivity index (χ0n) is 16.9. The van der Waals surface area contributed by atoms with Gasteiger partial charge in [0.15, 0.2) is 0 Å². The van der Waals surface area contributed by atoms with Crippen molar-refractivity contribution in [2.75, 3.05) is 32.8 Å². The van der Waals surface area contributed by atoms with Crippen LogP contribution in [0.15, 0.2) is 48.5 Å². The number of nitrogens with one attached hydrogen (secondary N) is 2. The van der Waals surface area contributed by atoms with Gasteiger partial charge in [-0.15, -0.1) is 0 Å². The van der Waals surface area contributed by atoms with E-state index in [2.05, 4.69) is 50.5 Å². The van der Waals surface area contributed by atoms with E-state index in [0.717, 1.165) is 42.1 Å². The lowest BCUT2D eigenvalue weighted by Gasteiger charge is -2.16. The molecule has 0 spiro atoms. The standard InChI is InChI=1S/C23H28N4O2/c1-17-6-5-9-20-23(17)26-21(25-20)15-29-16-22(28)24-11-13-27-12-10-19(14-27)18-7-3-2-4-8-18/h2-9,19H,10-16H2,1H3,(H,24,28)(H,25,26). The Morgan fingerprint density at radius 3 is 2.93 bits per heavy atom. The zero-order valence-corrected chi connectivity index (χ0v) is 16.9. The summed E-state index contributed by atoms with van der Waals surface area (Å²) in [6, 6.07) is 16.7. The number of aromatic amines is 1. The number of carbonyl (C=O) groups is 1. The molecule has 0 saturated carbocycles. The smallest absolute Gasteiger partial charge is 0.246 e. The van der Waals surface area contributed by atoms with E-state index >= 15 is 0 Å². The largest absolute Gasteiger partial charge is 0.364 e. The Kier molecular flexibility index (Phi) is 6.22. The number of hydrogen-bond acceptors (Lipinski definition) is 4. The van der Waals surface area contributed by atoms with Crippen LogP contribution in [0, 0.1) is 6.92 Å². The lowest BCUT2D eigenvalue weighted by atomic mass is 9.99. The maximum absolute atomic E-state index is 12.0. The average molecular weight is 393 g/mol. The van der Waals surface area contributed by atoms with Gasteiger partial charge in [0.05, 0.1) is 11.0 Å². The predicted molar refractivity (Wildman–Crippen MR) is 114 cm³/mol. The minimum Gasteiger partial charge on any atom is -0.364 e. The van der Waals surface area contributed by atoms with Gasteiger partial charge in [0.2, 0.25) is 5.91 Å². The van der Waals surface area contributed by atoms with E-state index in [1.165, 1.54) is 12.0 Å². The molecule has 3 aromatic rings. The van der Waals surface area contributed by atoms with E-state index in [0.29, 0.717) is 19.1 Å². The first-order valence-corrected chi connectivity index (χ1v) is 10.2. The summed E-state index contributed by atoms with van der Waals surface area (Å²) in [5.74, 6) is 1.25. The first-order chi connectivity index (χ1) is 14.2. The normalized spacial score (nSPS) is 17.1. The number of H-pyrrole nitrogens is 1. The van der Waals surface area contributed by atoms with Crippen molar-refractivity contribution in [2.24, 2.45) is 0 Å². The fourth-order valence-corrected chi connectivity index (χ4v) is 3.97. The van der Waals surface area contributed by atoms with Crippen molar-refractivity contribution < 1.29 is 9.53 Å². The predicted octanol–water partition coefficient (Wildman–Crippen LogP) is 2.99. The minimum absolute atomic E-state index is 0.0443. The minimum atomic E-state index is -0.0869. The highest BCUT2D eigenvalue weighted by Crippen LogP contribution is 2.26. The summed E-state index contributed by atoms with van der Waals surface area (Å²) in [5, 5.41) is 2.95. The molecule has 0 radical (unpaired) electrons. The van der Waals surface area contributed by atoms with Gasteiger partial charge in [0.25, 0.3) is 0 Å². The number of ether oxygens (including phenoxy) is 1. The molecular formula is C23H28N4O2. The number of aromatic nitrogens is 2. The number of fused-ring (bicyclic) bond motifs is 1. The van der Waals surface area contributed by atoms with Gasteiger partial charge in [-0.2, -0.15) is 0 Å².